The zero-order valence-corrected chi connectivity index (χ0v) is 24.5. The van der Waals surface area contributed by atoms with Crippen molar-refractivity contribution >= 4 is 81.7 Å². The molecule has 0 saturated carbocycles. The lowest BCUT2D eigenvalue weighted by Crippen LogP contribution is -1.95. The van der Waals surface area contributed by atoms with Crippen molar-refractivity contribution in [3.63, 3.8) is 0 Å². The second kappa shape index (κ2) is 8.68. The molecule has 0 spiro atoms. The summed E-state index contributed by atoms with van der Waals surface area (Å²) in [7, 11) is 0. The smallest absolute Gasteiger partial charge is 0.231 e. The van der Waals surface area contributed by atoms with E-state index in [9.17, 15) is 0 Å². The third-order valence-corrected chi connectivity index (χ3v) is 9.73. The van der Waals surface area contributed by atoms with E-state index < -0.39 is 0 Å². The van der Waals surface area contributed by atoms with Gasteiger partial charge >= 0.3 is 0 Å². The van der Waals surface area contributed by atoms with Gasteiger partial charge in [-0.3, -0.25) is 0 Å². The molecular weight excluding hydrogens is 562 g/mol. The van der Waals surface area contributed by atoms with Crippen LogP contribution in [0.2, 0.25) is 0 Å². The number of rotatable bonds is 2. The molecule has 0 amide bonds. The van der Waals surface area contributed by atoms with Crippen LogP contribution in [-0.2, 0) is 0 Å². The van der Waals surface area contributed by atoms with Gasteiger partial charge in [-0.25, -0.2) is 4.98 Å². The molecule has 7 aromatic carbocycles. The summed E-state index contributed by atoms with van der Waals surface area (Å²) in [4.78, 5) is 10.4. The topological polar surface area (TPSA) is 43.3 Å². The molecule has 0 aliphatic heterocycles. The first-order chi connectivity index (χ1) is 22.8. The standard InChI is InChI=1S/C42H23N3O/c1-2-9-26-22-27(17-16-24(26)8-1)39-38-33-12-4-6-15-36(33)46-42(38)44-41(43-39)28-19-20-30-32-21-18-25-10-7-13-31-29-11-3-5-14-34(29)45(35(30)23-28)40(32)37(25)31/h1-23H. The molecule has 11 rings (SSSR count). The zero-order chi connectivity index (χ0) is 29.9. The van der Waals surface area contributed by atoms with Gasteiger partial charge in [0, 0.05) is 38.1 Å². The monoisotopic (exact) mass is 585 g/mol. The van der Waals surface area contributed by atoms with Gasteiger partial charge in [0.15, 0.2) is 5.82 Å². The van der Waals surface area contributed by atoms with Crippen molar-refractivity contribution in [3.05, 3.63) is 140 Å². The summed E-state index contributed by atoms with van der Waals surface area (Å²) in [5.74, 6) is 0.643. The Morgan fingerprint density at radius 2 is 1.17 bits per heavy atom. The second-order valence-corrected chi connectivity index (χ2v) is 12.2. The van der Waals surface area contributed by atoms with E-state index in [1.165, 1.54) is 54.1 Å². The Hall–Kier alpha value is -6.26. The van der Waals surface area contributed by atoms with E-state index in [4.69, 9.17) is 14.4 Å². The van der Waals surface area contributed by atoms with Crippen molar-refractivity contribution < 1.29 is 4.42 Å². The fraction of sp³-hybridized carbons (Fsp3) is 0. The van der Waals surface area contributed by atoms with E-state index in [2.05, 4.69) is 126 Å². The Kier molecular flexibility index (Phi) is 4.55. The molecule has 0 unspecified atom stereocenters. The van der Waals surface area contributed by atoms with E-state index >= 15 is 0 Å². The van der Waals surface area contributed by atoms with Gasteiger partial charge in [-0.1, -0.05) is 115 Å². The van der Waals surface area contributed by atoms with Gasteiger partial charge in [0.2, 0.25) is 5.71 Å². The SMILES string of the molecule is c1ccc2cc(-c3nc(-c4ccc5c6ccc7cccc8c9ccccc9n(c5c4)c6c78)nc4oc5ccccc5c34)ccc2c1. The molecule has 0 N–H and O–H groups in total. The van der Waals surface area contributed by atoms with Crippen LogP contribution in [0, 0.1) is 0 Å². The average molecular weight is 586 g/mol. The first kappa shape index (κ1) is 24.1. The second-order valence-electron chi connectivity index (χ2n) is 12.2. The maximum Gasteiger partial charge on any atom is 0.231 e. The molecule has 0 aliphatic rings. The highest BCUT2D eigenvalue weighted by molar-refractivity contribution is 6.28. The molecule has 0 atom stereocenters. The number of para-hydroxylation sites is 2. The Bertz CT molecular complexity index is 3040. The fourth-order valence-corrected chi connectivity index (χ4v) is 7.68. The summed E-state index contributed by atoms with van der Waals surface area (Å²) < 4.78 is 8.82. The number of furan rings is 1. The quantitative estimate of drug-likeness (QED) is 0.150. The minimum atomic E-state index is 0.595. The van der Waals surface area contributed by atoms with Crippen LogP contribution in [0.4, 0.5) is 0 Å². The molecule has 0 saturated heterocycles. The maximum absolute atomic E-state index is 6.39. The van der Waals surface area contributed by atoms with E-state index in [1.54, 1.807) is 0 Å². The number of hydrogen-bond donors (Lipinski definition) is 0. The minimum Gasteiger partial charge on any atom is -0.438 e. The molecule has 4 aromatic heterocycles. The summed E-state index contributed by atoms with van der Waals surface area (Å²) >= 11 is 0. The minimum absolute atomic E-state index is 0.595. The van der Waals surface area contributed by atoms with Crippen LogP contribution in [0.5, 0.6) is 0 Å². The van der Waals surface area contributed by atoms with Crippen molar-refractivity contribution in [1.29, 1.82) is 0 Å². The molecule has 0 aliphatic carbocycles. The fourth-order valence-electron chi connectivity index (χ4n) is 7.68. The van der Waals surface area contributed by atoms with Gasteiger partial charge in [0.25, 0.3) is 0 Å². The highest BCUT2D eigenvalue weighted by atomic mass is 16.3. The van der Waals surface area contributed by atoms with Crippen LogP contribution in [0.25, 0.3) is 104 Å². The number of pyridine rings is 1. The summed E-state index contributed by atoms with van der Waals surface area (Å²) in [6.45, 7) is 0. The highest BCUT2D eigenvalue weighted by Gasteiger charge is 2.21. The predicted octanol–water partition coefficient (Wildman–Crippen LogP) is 11.2. The number of aromatic nitrogens is 3. The average Bonchev–Trinajstić information content (AvgIpc) is 3.66. The number of fused-ring (bicyclic) bond motifs is 10. The van der Waals surface area contributed by atoms with Crippen LogP contribution >= 0.6 is 0 Å². The summed E-state index contributed by atoms with van der Waals surface area (Å²) in [5, 5.41) is 11.9. The van der Waals surface area contributed by atoms with Crippen LogP contribution < -0.4 is 0 Å². The summed E-state index contributed by atoms with van der Waals surface area (Å²) in [6.07, 6.45) is 0. The van der Waals surface area contributed by atoms with Crippen LogP contribution in [0.3, 0.4) is 0 Å². The predicted molar refractivity (Wildman–Crippen MR) is 190 cm³/mol. The molecule has 212 valence electrons. The van der Waals surface area contributed by atoms with Gasteiger partial charge in [-0.15, -0.1) is 0 Å². The van der Waals surface area contributed by atoms with Gasteiger partial charge in [0.05, 0.1) is 27.6 Å². The van der Waals surface area contributed by atoms with E-state index in [-0.39, 0.29) is 0 Å². The molecule has 46 heavy (non-hydrogen) atoms. The Morgan fingerprint density at radius 1 is 0.457 bits per heavy atom. The zero-order valence-electron chi connectivity index (χ0n) is 24.5. The molecule has 0 bridgehead atoms. The van der Waals surface area contributed by atoms with Crippen molar-refractivity contribution in [3.8, 4) is 22.6 Å². The van der Waals surface area contributed by atoms with Crippen LogP contribution in [0.1, 0.15) is 0 Å². The Balaban J connectivity index is 1.24. The first-order valence-electron chi connectivity index (χ1n) is 15.6. The molecule has 0 radical (unpaired) electrons. The molecule has 4 heteroatoms. The van der Waals surface area contributed by atoms with Crippen LogP contribution in [0.15, 0.2) is 144 Å². The number of nitrogens with zero attached hydrogens (tertiary/aromatic N) is 3. The van der Waals surface area contributed by atoms with Gasteiger partial charge in [-0.2, -0.15) is 4.98 Å². The number of benzene rings is 7. The molecule has 4 nitrogen and oxygen atoms in total. The Morgan fingerprint density at radius 3 is 2.13 bits per heavy atom. The van der Waals surface area contributed by atoms with E-state index in [0.29, 0.717) is 11.5 Å². The van der Waals surface area contributed by atoms with Crippen molar-refractivity contribution in [2.24, 2.45) is 0 Å². The lowest BCUT2D eigenvalue weighted by molar-refractivity contribution is 0.653. The van der Waals surface area contributed by atoms with Gasteiger partial charge in [0.1, 0.15) is 5.58 Å². The molecule has 0 fully saturated rings. The summed E-state index contributed by atoms with van der Waals surface area (Å²) in [5.41, 5.74) is 7.85. The van der Waals surface area contributed by atoms with E-state index in [0.717, 1.165) is 38.7 Å². The molecular formula is C42H23N3O. The van der Waals surface area contributed by atoms with Crippen molar-refractivity contribution in [2.45, 2.75) is 0 Å². The largest absolute Gasteiger partial charge is 0.438 e. The molecule has 4 heterocycles. The first-order valence-corrected chi connectivity index (χ1v) is 15.6. The maximum atomic E-state index is 6.39. The Labute approximate surface area is 262 Å². The van der Waals surface area contributed by atoms with Crippen LogP contribution in [-0.4, -0.2) is 14.4 Å². The summed E-state index contributed by atoms with van der Waals surface area (Å²) in [6, 6.07) is 49.6. The van der Waals surface area contributed by atoms with Gasteiger partial charge < -0.3 is 8.82 Å². The van der Waals surface area contributed by atoms with E-state index in [1.807, 2.05) is 18.2 Å². The lowest BCUT2D eigenvalue weighted by atomic mass is 9.99. The molecule has 11 aromatic rings. The number of hydrogen-bond acceptors (Lipinski definition) is 3. The highest BCUT2D eigenvalue weighted by Crippen LogP contribution is 2.43. The van der Waals surface area contributed by atoms with Crippen molar-refractivity contribution in [2.75, 3.05) is 0 Å². The third-order valence-electron chi connectivity index (χ3n) is 9.73. The normalized spacial score (nSPS) is 12.3. The third kappa shape index (κ3) is 3.12. The lowest BCUT2D eigenvalue weighted by Gasteiger charge is -2.12. The van der Waals surface area contributed by atoms with Gasteiger partial charge in [-0.05, 0) is 45.8 Å². The van der Waals surface area contributed by atoms with Crippen molar-refractivity contribution in [1.82, 2.24) is 14.4 Å².